The van der Waals surface area contributed by atoms with Crippen LogP contribution in [0, 0.1) is 0 Å². The Morgan fingerprint density at radius 2 is 1.61 bits per heavy atom. The summed E-state index contributed by atoms with van der Waals surface area (Å²) < 4.78 is 10.5. The second-order valence-corrected chi connectivity index (χ2v) is 6.05. The highest BCUT2D eigenvalue weighted by Crippen LogP contribution is 2.23. The molecule has 0 radical (unpaired) electrons. The summed E-state index contributed by atoms with van der Waals surface area (Å²) in [5, 5.41) is 6.88. The number of nitrogens with zero attached hydrogens (tertiary/aromatic N) is 2. The molecule has 0 bridgehead atoms. The smallest absolute Gasteiger partial charge is 0.258 e. The van der Waals surface area contributed by atoms with Crippen LogP contribution in [0.1, 0.15) is 10.4 Å². The number of methoxy groups -OCH3 is 1. The maximum atomic E-state index is 12.3. The summed E-state index contributed by atoms with van der Waals surface area (Å²) >= 11 is 0. The van der Waals surface area contributed by atoms with Gasteiger partial charge in [0.05, 0.1) is 7.11 Å². The van der Waals surface area contributed by atoms with Gasteiger partial charge in [-0.2, -0.15) is 4.98 Å². The zero-order valence-corrected chi connectivity index (χ0v) is 15.1. The molecule has 3 aromatic carbocycles. The number of aromatic nitrogens is 2. The van der Waals surface area contributed by atoms with Gasteiger partial charge in [0.1, 0.15) is 5.75 Å². The zero-order chi connectivity index (χ0) is 19.3. The van der Waals surface area contributed by atoms with Crippen molar-refractivity contribution in [3.05, 3.63) is 84.4 Å². The highest BCUT2D eigenvalue weighted by molar-refractivity contribution is 6.04. The third-order valence-corrected chi connectivity index (χ3v) is 4.20. The first-order chi connectivity index (χ1) is 13.7. The van der Waals surface area contributed by atoms with Crippen molar-refractivity contribution in [1.29, 1.82) is 0 Å². The number of rotatable bonds is 5. The first-order valence-corrected chi connectivity index (χ1v) is 8.68. The van der Waals surface area contributed by atoms with Gasteiger partial charge in [-0.15, -0.1) is 0 Å². The van der Waals surface area contributed by atoms with Crippen molar-refractivity contribution >= 4 is 11.6 Å². The van der Waals surface area contributed by atoms with Crippen LogP contribution in [0.5, 0.6) is 5.75 Å². The van der Waals surface area contributed by atoms with Crippen molar-refractivity contribution in [2.24, 2.45) is 0 Å². The molecule has 1 heterocycles. The molecule has 28 heavy (non-hydrogen) atoms. The van der Waals surface area contributed by atoms with Crippen molar-refractivity contribution in [3.8, 4) is 28.6 Å². The molecule has 1 N–H and O–H groups in total. The maximum absolute atomic E-state index is 12.3. The van der Waals surface area contributed by atoms with Gasteiger partial charge in [0.25, 0.3) is 11.8 Å². The molecule has 0 aliphatic carbocycles. The molecule has 1 amide bonds. The van der Waals surface area contributed by atoms with E-state index in [0.29, 0.717) is 28.7 Å². The lowest BCUT2D eigenvalue weighted by atomic mass is 10.1. The van der Waals surface area contributed by atoms with E-state index in [1.165, 1.54) is 0 Å². The summed E-state index contributed by atoms with van der Waals surface area (Å²) in [6, 6.07) is 23.8. The highest BCUT2D eigenvalue weighted by Gasteiger charge is 2.11. The van der Waals surface area contributed by atoms with E-state index in [4.69, 9.17) is 9.26 Å². The minimum atomic E-state index is -0.195. The Bertz CT molecular complexity index is 1070. The van der Waals surface area contributed by atoms with Gasteiger partial charge in [-0.3, -0.25) is 4.79 Å². The van der Waals surface area contributed by atoms with Crippen molar-refractivity contribution in [1.82, 2.24) is 10.1 Å². The molecule has 0 atom stereocenters. The molecule has 4 rings (SSSR count). The van der Waals surface area contributed by atoms with E-state index in [9.17, 15) is 4.79 Å². The molecule has 0 fully saturated rings. The quantitative estimate of drug-likeness (QED) is 0.552. The maximum Gasteiger partial charge on any atom is 0.258 e. The molecule has 0 unspecified atom stereocenters. The van der Waals surface area contributed by atoms with Crippen LogP contribution in [0.4, 0.5) is 5.69 Å². The van der Waals surface area contributed by atoms with Gasteiger partial charge < -0.3 is 14.6 Å². The average molecular weight is 371 g/mol. The summed E-state index contributed by atoms with van der Waals surface area (Å²) in [6.07, 6.45) is 0. The van der Waals surface area contributed by atoms with Crippen LogP contribution >= 0.6 is 0 Å². The third kappa shape index (κ3) is 3.76. The Hall–Kier alpha value is -3.93. The summed E-state index contributed by atoms with van der Waals surface area (Å²) in [5.74, 6) is 1.47. The Kier molecular flexibility index (Phi) is 4.84. The van der Waals surface area contributed by atoms with E-state index >= 15 is 0 Å². The van der Waals surface area contributed by atoms with E-state index < -0.39 is 0 Å². The Balaban J connectivity index is 1.46. The summed E-state index contributed by atoms with van der Waals surface area (Å²) in [6.45, 7) is 0. The predicted molar refractivity (Wildman–Crippen MR) is 106 cm³/mol. The number of benzene rings is 3. The predicted octanol–water partition coefficient (Wildman–Crippen LogP) is 4.66. The minimum absolute atomic E-state index is 0.195. The lowest BCUT2D eigenvalue weighted by Crippen LogP contribution is -2.11. The van der Waals surface area contributed by atoms with Gasteiger partial charge >= 0.3 is 0 Å². The molecular formula is C22H17N3O3. The lowest BCUT2D eigenvalue weighted by molar-refractivity contribution is 0.102. The fourth-order valence-corrected chi connectivity index (χ4v) is 2.69. The molecule has 0 saturated heterocycles. The topological polar surface area (TPSA) is 77.2 Å². The van der Waals surface area contributed by atoms with Gasteiger partial charge in [-0.05, 0) is 48.5 Å². The average Bonchev–Trinajstić information content (AvgIpc) is 3.25. The van der Waals surface area contributed by atoms with E-state index in [1.54, 1.807) is 43.5 Å². The number of hydrogen-bond donors (Lipinski definition) is 1. The standard InChI is InChI=1S/C22H17N3O3/c1-27-19-13-9-16(10-14-19)21(26)23-18-11-7-17(8-12-18)22-24-20(25-28-22)15-5-3-2-4-6-15/h2-14H,1H3,(H,23,26). The van der Waals surface area contributed by atoms with Gasteiger partial charge in [0.15, 0.2) is 0 Å². The molecule has 1 aromatic heterocycles. The summed E-state index contributed by atoms with van der Waals surface area (Å²) in [4.78, 5) is 16.8. The van der Waals surface area contributed by atoms with Crippen molar-refractivity contribution in [3.63, 3.8) is 0 Å². The van der Waals surface area contributed by atoms with Crippen LogP contribution in [0.2, 0.25) is 0 Å². The van der Waals surface area contributed by atoms with Crippen molar-refractivity contribution < 1.29 is 14.1 Å². The van der Waals surface area contributed by atoms with Gasteiger partial charge in [0, 0.05) is 22.4 Å². The Morgan fingerprint density at radius 1 is 0.893 bits per heavy atom. The minimum Gasteiger partial charge on any atom is -0.497 e. The number of nitrogens with one attached hydrogen (secondary N) is 1. The highest BCUT2D eigenvalue weighted by atomic mass is 16.5. The van der Waals surface area contributed by atoms with Gasteiger partial charge in [-0.1, -0.05) is 35.5 Å². The Labute approximate surface area is 161 Å². The molecule has 6 nitrogen and oxygen atoms in total. The Morgan fingerprint density at radius 3 is 2.29 bits per heavy atom. The lowest BCUT2D eigenvalue weighted by Gasteiger charge is -2.06. The van der Waals surface area contributed by atoms with Crippen molar-refractivity contribution in [2.45, 2.75) is 0 Å². The largest absolute Gasteiger partial charge is 0.497 e. The zero-order valence-electron chi connectivity index (χ0n) is 15.1. The van der Waals surface area contributed by atoms with Crippen LogP contribution < -0.4 is 10.1 Å². The molecule has 0 saturated carbocycles. The third-order valence-electron chi connectivity index (χ3n) is 4.20. The number of carbonyl (C=O) groups is 1. The van der Waals surface area contributed by atoms with Crippen molar-refractivity contribution in [2.75, 3.05) is 12.4 Å². The van der Waals surface area contributed by atoms with Gasteiger partial charge in [-0.25, -0.2) is 0 Å². The molecule has 0 aliphatic heterocycles. The molecule has 138 valence electrons. The van der Waals surface area contributed by atoms with Crippen LogP contribution in [0.3, 0.4) is 0 Å². The summed E-state index contributed by atoms with van der Waals surface area (Å²) in [5.41, 5.74) is 2.89. The van der Waals surface area contributed by atoms with E-state index in [2.05, 4.69) is 15.5 Å². The second-order valence-electron chi connectivity index (χ2n) is 6.05. The van der Waals surface area contributed by atoms with E-state index in [-0.39, 0.29) is 5.91 Å². The molecule has 4 aromatic rings. The number of ether oxygens (including phenoxy) is 1. The number of anilines is 1. The molecule has 0 aliphatic rings. The van der Waals surface area contributed by atoms with E-state index in [1.807, 2.05) is 42.5 Å². The fourth-order valence-electron chi connectivity index (χ4n) is 2.69. The molecule has 0 spiro atoms. The van der Waals surface area contributed by atoms with Crippen LogP contribution in [0.15, 0.2) is 83.4 Å². The first-order valence-electron chi connectivity index (χ1n) is 8.68. The van der Waals surface area contributed by atoms with Crippen LogP contribution in [-0.2, 0) is 0 Å². The number of carbonyl (C=O) groups excluding carboxylic acids is 1. The monoisotopic (exact) mass is 371 g/mol. The normalized spacial score (nSPS) is 10.5. The summed E-state index contributed by atoms with van der Waals surface area (Å²) in [7, 11) is 1.59. The van der Waals surface area contributed by atoms with Crippen LogP contribution in [0.25, 0.3) is 22.8 Å². The second kappa shape index (κ2) is 7.75. The number of hydrogen-bond acceptors (Lipinski definition) is 5. The molecule has 6 heteroatoms. The fraction of sp³-hybridized carbons (Fsp3) is 0.0455. The molecular weight excluding hydrogens is 354 g/mol. The van der Waals surface area contributed by atoms with Gasteiger partial charge in [0.2, 0.25) is 5.82 Å². The van der Waals surface area contributed by atoms with E-state index in [0.717, 1.165) is 11.1 Å². The SMILES string of the molecule is COc1ccc(C(=O)Nc2ccc(-c3nc(-c4ccccc4)no3)cc2)cc1. The number of amides is 1. The van der Waals surface area contributed by atoms with Crippen LogP contribution in [-0.4, -0.2) is 23.2 Å². The first kappa shape index (κ1) is 17.5.